The third kappa shape index (κ3) is 3.12. The molecule has 0 atom stereocenters. The number of ketones is 1. The fraction of sp³-hybridized carbons (Fsp3) is 0.615. The molecular formula is C13H18N2O3S. The molecule has 0 spiro atoms. The lowest BCUT2D eigenvalue weighted by atomic mass is 10.1. The summed E-state index contributed by atoms with van der Waals surface area (Å²) in [5.41, 5.74) is 0.0516. The number of Topliss-reactive ketones (excluding diaryl/α,β-unsaturated/α-hetero) is 1. The van der Waals surface area contributed by atoms with Crippen molar-refractivity contribution in [2.75, 3.05) is 18.5 Å². The van der Waals surface area contributed by atoms with Crippen molar-refractivity contribution < 1.29 is 9.72 Å². The largest absolute Gasteiger partial charge is 0.361 e. The van der Waals surface area contributed by atoms with Crippen LogP contribution in [0.3, 0.4) is 0 Å². The second-order valence-electron chi connectivity index (χ2n) is 5.15. The highest BCUT2D eigenvalue weighted by molar-refractivity contribution is 7.18. The summed E-state index contributed by atoms with van der Waals surface area (Å²) in [6, 6.07) is 1.40. The molecule has 0 bridgehead atoms. The first-order valence-electron chi connectivity index (χ1n) is 6.49. The number of thiophene rings is 1. The van der Waals surface area contributed by atoms with Crippen LogP contribution < -0.4 is 4.90 Å². The number of hydrogen-bond donors (Lipinski definition) is 0. The van der Waals surface area contributed by atoms with Crippen LogP contribution in [0.25, 0.3) is 0 Å². The van der Waals surface area contributed by atoms with Crippen LogP contribution in [0.15, 0.2) is 6.07 Å². The van der Waals surface area contributed by atoms with E-state index in [0.29, 0.717) is 15.8 Å². The first kappa shape index (κ1) is 14.0. The van der Waals surface area contributed by atoms with Gasteiger partial charge in [0.05, 0.1) is 9.80 Å². The fourth-order valence-corrected chi connectivity index (χ4v) is 3.60. The lowest BCUT2D eigenvalue weighted by molar-refractivity contribution is -0.383. The summed E-state index contributed by atoms with van der Waals surface area (Å²) in [6.07, 6.45) is 4.90. The Morgan fingerprint density at radius 3 is 2.68 bits per heavy atom. The van der Waals surface area contributed by atoms with Crippen LogP contribution in [0.4, 0.5) is 10.7 Å². The summed E-state index contributed by atoms with van der Waals surface area (Å²) in [5.74, 6) is 0.501. The molecular weight excluding hydrogens is 264 g/mol. The van der Waals surface area contributed by atoms with Crippen molar-refractivity contribution >= 4 is 27.8 Å². The number of carbonyl (C=O) groups excluding carboxylic acids is 1. The highest BCUT2D eigenvalue weighted by Gasteiger charge is 2.26. The predicted molar refractivity (Wildman–Crippen MR) is 76.2 cm³/mol. The molecule has 1 aliphatic carbocycles. The van der Waals surface area contributed by atoms with Gasteiger partial charge >= 0.3 is 5.69 Å². The van der Waals surface area contributed by atoms with E-state index in [0.717, 1.165) is 6.54 Å². The highest BCUT2D eigenvalue weighted by atomic mass is 32.1. The summed E-state index contributed by atoms with van der Waals surface area (Å²) in [7, 11) is 1.88. The van der Waals surface area contributed by atoms with E-state index in [2.05, 4.69) is 0 Å². The lowest BCUT2D eigenvalue weighted by Crippen LogP contribution is -2.23. The van der Waals surface area contributed by atoms with Gasteiger partial charge in [-0.2, -0.15) is 0 Å². The maximum Gasteiger partial charge on any atom is 0.304 e. The van der Waals surface area contributed by atoms with Gasteiger partial charge in [-0.1, -0.05) is 12.8 Å². The highest BCUT2D eigenvalue weighted by Crippen LogP contribution is 2.38. The maximum atomic E-state index is 11.4. The standard InChI is InChI=1S/C13H18N2O3S/c1-9(16)12-7-11(15(17)18)13(19-12)14(2)8-10-5-3-4-6-10/h7,10H,3-6,8H2,1-2H3. The van der Waals surface area contributed by atoms with Crippen molar-refractivity contribution in [2.45, 2.75) is 32.6 Å². The normalized spacial score (nSPS) is 15.7. The summed E-state index contributed by atoms with van der Waals surface area (Å²) >= 11 is 1.22. The van der Waals surface area contributed by atoms with Crippen molar-refractivity contribution in [3.8, 4) is 0 Å². The zero-order valence-corrected chi connectivity index (χ0v) is 12.0. The number of hydrogen-bond acceptors (Lipinski definition) is 5. The first-order valence-corrected chi connectivity index (χ1v) is 7.31. The van der Waals surface area contributed by atoms with Gasteiger partial charge in [-0.25, -0.2) is 0 Å². The molecule has 6 heteroatoms. The van der Waals surface area contributed by atoms with Gasteiger partial charge in [0.25, 0.3) is 0 Å². The minimum atomic E-state index is -0.399. The Morgan fingerprint density at radius 1 is 1.53 bits per heavy atom. The van der Waals surface area contributed by atoms with Gasteiger partial charge in [0.15, 0.2) is 10.8 Å². The fourth-order valence-electron chi connectivity index (χ4n) is 2.61. The Kier molecular flexibility index (Phi) is 4.19. The molecule has 0 unspecified atom stereocenters. The molecule has 1 aromatic rings. The van der Waals surface area contributed by atoms with E-state index in [9.17, 15) is 14.9 Å². The van der Waals surface area contributed by atoms with E-state index in [1.54, 1.807) is 0 Å². The maximum absolute atomic E-state index is 11.4. The van der Waals surface area contributed by atoms with Gasteiger partial charge in [-0.05, 0) is 25.7 Å². The van der Waals surface area contributed by atoms with Crippen LogP contribution >= 0.6 is 11.3 Å². The number of anilines is 1. The Morgan fingerprint density at radius 2 is 2.16 bits per heavy atom. The lowest BCUT2D eigenvalue weighted by Gasteiger charge is -2.20. The van der Waals surface area contributed by atoms with Crippen molar-refractivity contribution in [1.29, 1.82) is 0 Å². The first-order chi connectivity index (χ1) is 8.99. The quantitative estimate of drug-likeness (QED) is 0.471. The topological polar surface area (TPSA) is 63.4 Å². The van der Waals surface area contributed by atoms with Gasteiger partial charge < -0.3 is 4.90 Å². The zero-order chi connectivity index (χ0) is 14.0. The van der Waals surface area contributed by atoms with E-state index in [1.807, 2.05) is 11.9 Å². The molecule has 0 aliphatic heterocycles. The Bertz CT molecular complexity index is 492. The molecule has 0 saturated heterocycles. The smallest absolute Gasteiger partial charge is 0.304 e. The van der Waals surface area contributed by atoms with Crippen LogP contribution in [0.2, 0.25) is 0 Å². The van der Waals surface area contributed by atoms with Gasteiger partial charge in [-0.3, -0.25) is 14.9 Å². The van der Waals surface area contributed by atoms with Gasteiger partial charge in [0.1, 0.15) is 0 Å². The summed E-state index contributed by atoms with van der Waals surface area (Å²) in [6.45, 7) is 2.27. The van der Waals surface area contributed by atoms with Crippen LogP contribution in [0, 0.1) is 16.0 Å². The van der Waals surface area contributed by atoms with Crippen LogP contribution in [-0.4, -0.2) is 24.3 Å². The van der Waals surface area contributed by atoms with Gasteiger partial charge in [0.2, 0.25) is 0 Å². The van der Waals surface area contributed by atoms with Crippen LogP contribution in [0.5, 0.6) is 0 Å². The SMILES string of the molecule is CC(=O)c1cc([N+](=O)[O-])c(N(C)CC2CCCC2)s1. The molecule has 1 fully saturated rings. The van der Waals surface area contributed by atoms with E-state index in [1.165, 1.54) is 50.0 Å². The third-order valence-electron chi connectivity index (χ3n) is 3.59. The average molecular weight is 282 g/mol. The summed E-state index contributed by atoms with van der Waals surface area (Å²) in [4.78, 5) is 24.4. The molecule has 1 aliphatic rings. The van der Waals surface area contributed by atoms with Gasteiger partial charge in [0, 0.05) is 19.7 Å². The molecule has 0 N–H and O–H groups in total. The number of nitro groups is 1. The number of rotatable bonds is 5. The molecule has 5 nitrogen and oxygen atoms in total. The summed E-state index contributed by atoms with van der Waals surface area (Å²) in [5, 5.41) is 11.7. The number of nitrogens with zero attached hydrogens (tertiary/aromatic N) is 2. The van der Waals surface area contributed by atoms with Crippen molar-refractivity contribution in [3.63, 3.8) is 0 Å². The second kappa shape index (κ2) is 5.69. The average Bonchev–Trinajstić information content (AvgIpc) is 2.96. The van der Waals surface area contributed by atoms with Crippen molar-refractivity contribution in [1.82, 2.24) is 0 Å². The molecule has 0 aromatic carbocycles. The Hall–Kier alpha value is -1.43. The Balaban J connectivity index is 2.21. The van der Waals surface area contributed by atoms with E-state index in [4.69, 9.17) is 0 Å². The van der Waals surface area contributed by atoms with Crippen molar-refractivity contribution in [3.05, 3.63) is 21.1 Å². The molecule has 19 heavy (non-hydrogen) atoms. The molecule has 0 amide bonds. The van der Waals surface area contributed by atoms with Gasteiger partial charge in [-0.15, -0.1) is 11.3 Å². The van der Waals surface area contributed by atoms with Crippen molar-refractivity contribution in [2.24, 2.45) is 5.92 Å². The monoisotopic (exact) mass is 282 g/mol. The van der Waals surface area contributed by atoms with E-state index in [-0.39, 0.29) is 11.5 Å². The third-order valence-corrected chi connectivity index (χ3v) is 4.93. The predicted octanol–water partition coefficient (Wildman–Crippen LogP) is 3.49. The molecule has 1 heterocycles. The molecule has 104 valence electrons. The van der Waals surface area contributed by atoms with E-state index < -0.39 is 4.92 Å². The van der Waals surface area contributed by atoms with E-state index >= 15 is 0 Å². The van der Waals surface area contributed by atoms with Crippen LogP contribution in [0.1, 0.15) is 42.3 Å². The Labute approximate surface area is 116 Å². The molecule has 1 aromatic heterocycles. The summed E-state index contributed by atoms with van der Waals surface area (Å²) < 4.78 is 0. The molecule has 1 saturated carbocycles. The minimum absolute atomic E-state index is 0.0516. The molecule has 0 radical (unpaired) electrons. The number of carbonyl (C=O) groups is 1. The minimum Gasteiger partial charge on any atom is -0.361 e. The molecule has 2 rings (SSSR count). The van der Waals surface area contributed by atoms with Crippen LogP contribution in [-0.2, 0) is 0 Å². The zero-order valence-electron chi connectivity index (χ0n) is 11.2. The second-order valence-corrected chi connectivity index (χ2v) is 6.18.